The molecule has 0 saturated carbocycles. The first-order chi connectivity index (χ1) is 37.9. The Kier molecular flexibility index (Phi) is 10.3. The predicted molar refractivity (Wildman–Crippen MR) is 327 cm³/mol. The maximum atomic E-state index is 2.44. The van der Waals surface area contributed by atoms with E-state index in [1.807, 2.05) is 0 Å². The van der Waals surface area contributed by atoms with Gasteiger partial charge in [0.25, 0.3) is 0 Å². The lowest BCUT2D eigenvalue weighted by Crippen LogP contribution is -2.14. The smallest absolute Gasteiger partial charge is 0.0542 e. The van der Waals surface area contributed by atoms with Gasteiger partial charge in [-0.3, -0.25) is 0 Å². The van der Waals surface area contributed by atoms with Crippen molar-refractivity contribution in [2.45, 2.75) is 19.3 Å². The molecule has 15 rings (SSSR count). The number of anilines is 3. The maximum absolute atomic E-state index is 2.44. The van der Waals surface area contributed by atoms with Gasteiger partial charge in [-0.2, -0.15) is 0 Å². The molecule has 0 atom stereocenters. The van der Waals surface area contributed by atoms with Crippen molar-refractivity contribution in [3.63, 3.8) is 0 Å². The average molecular weight is 981 g/mol. The van der Waals surface area contributed by atoms with Gasteiger partial charge in [-0.15, -0.1) is 0 Å². The Morgan fingerprint density at radius 3 is 1.42 bits per heavy atom. The molecule has 0 spiro atoms. The Morgan fingerprint density at radius 2 is 0.740 bits per heavy atom. The van der Waals surface area contributed by atoms with Gasteiger partial charge in [0.15, 0.2) is 0 Å². The van der Waals surface area contributed by atoms with E-state index in [-0.39, 0.29) is 5.41 Å². The first-order valence-corrected chi connectivity index (χ1v) is 26.8. The quantitative estimate of drug-likeness (QED) is 0.138. The number of rotatable bonds is 8. The summed E-state index contributed by atoms with van der Waals surface area (Å²) in [5.41, 5.74) is 21.8. The van der Waals surface area contributed by atoms with Gasteiger partial charge in [-0.25, -0.2) is 0 Å². The molecule has 0 amide bonds. The SMILES string of the molecule is CC1(C)c2ccccc2-c2ccc(-c3ccc4c(c3)c3cc(N(c5ccc(-c6ccc7ccccc7c6)cc5)c5ccc(-c6c7ccccc7c(-c7ccccc7)c7ccccc67)cc5)ccc3n4-c3ccccc3)cc21. The Hall–Kier alpha value is -9.76. The first-order valence-electron chi connectivity index (χ1n) is 26.8. The van der Waals surface area contributed by atoms with E-state index in [9.17, 15) is 0 Å². The van der Waals surface area contributed by atoms with Gasteiger partial charge >= 0.3 is 0 Å². The van der Waals surface area contributed by atoms with Crippen molar-refractivity contribution >= 4 is 71.2 Å². The fraction of sp³-hybridized carbons (Fsp3) is 0.0400. The second kappa shape index (κ2) is 17.7. The van der Waals surface area contributed by atoms with Gasteiger partial charge in [0.2, 0.25) is 0 Å². The molecule has 2 heteroatoms. The Labute approximate surface area is 449 Å². The van der Waals surface area contributed by atoms with Crippen LogP contribution in [-0.4, -0.2) is 4.57 Å². The molecule has 14 aromatic rings. The van der Waals surface area contributed by atoms with Crippen molar-refractivity contribution in [2.75, 3.05) is 4.90 Å². The highest BCUT2D eigenvalue weighted by atomic mass is 15.1. The van der Waals surface area contributed by atoms with Crippen LogP contribution in [0.25, 0.3) is 115 Å². The summed E-state index contributed by atoms with van der Waals surface area (Å²) in [5, 5.41) is 9.88. The minimum absolute atomic E-state index is 0.0891. The number of benzene rings is 13. The van der Waals surface area contributed by atoms with Crippen LogP contribution in [0.2, 0.25) is 0 Å². The number of hydrogen-bond acceptors (Lipinski definition) is 1. The van der Waals surface area contributed by atoms with Gasteiger partial charge in [0.1, 0.15) is 0 Å². The van der Waals surface area contributed by atoms with Crippen LogP contribution in [-0.2, 0) is 5.41 Å². The van der Waals surface area contributed by atoms with Gasteiger partial charge in [0, 0.05) is 38.9 Å². The third kappa shape index (κ3) is 7.25. The van der Waals surface area contributed by atoms with E-state index in [1.54, 1.807) is 0 Å². The molecule has 1 aromatic heterocycles. The summed E-state index contributed by atoms with van der Waals surface area (Å²) in [6.07, 6.45) is 0. The van der Waals surface area contributed by atoms with Crippen LogP contribution in [0.1, 0.15) is 25.0 Å². The third-order valence-corrected chi connectivity index (χ3v) is 16.6. The summed E-state index contributed by atoms with van der Waals surface area (Å²) in [6.45, 7) is 4.73. The lowest BCUT2D eigenvalue weighted by Gasteiger charge is -2.26. The molecule has 362 valence electrons. The van der Waals surface area contributed by atoms with E-state index >= 15 is 0 Å². The molecule has 0 aliphatic heterocycles. The van der Waals surface area contributed by atoms with E-state index in [0.717, 1.165) is 28.3 Å². The summed E-state index contributed by atoms with van der Waals surface area (Å²) >= 11 is 0. The third-order valence-electron chi connectivity index (χ3n) is 16.6. The molecule has 1 aliphatic rings. The predicted octanol–water partition coefficient (Wildman–Crippen LogP) is 20.7. The Morgan fingerprint density at radius 1 is 0.286 bits per heavy atom. The summed E-state index contributed by atoms with van der Waals surface area (Å²) in [7, 11) is 0. The van der Waals surface area contributed by atoms with Crippen LogP contribution in [0.3, 0.4) is 0 Å². The molecule has 0 N–H and O–H groups in total. The van der Waals surface area contributed by atoms with Crippen LogP contribution in [0.4, 0.5) is 17.1 Å². The molecule has 0 unspecified atom stereocenters. The van der Waals surface area contributed by atoms with Crippen molar-refractivity contribution in [1.29, 1.82) is 0 Å². The van der Waals surface area contributed by atoms with E-state index < -0.39 is 0 Å². The molecule has 13 aromatic carbocycles. The van der Waals surface area contributed by atoms with Crippen molar-refractivity contribution in [3.05, 3.63) is 290 Å². The lowest BCUT2D eigenvalue weighted by atomic mass is 9.81. The van der Waals surface area contributed by atoms with Gasteiger partial charge in [-0.05, 0) is 178 Å². The molecule has 0 bridgehead atoms. The fourth-order valence-corrected chi connectivity index (χ4v) is 12.8. The first kappa shape index (κ1) is 44.7. The highest BCUT2D eigenvalue weighted by Crippen LogP contribution is 2.51. The van der Waals surface area contributed by atoms with Crippen molar-refractivity contribution < 1.29 is 0 Å². The van der Waals surface area contributed by atoms with E-state index in [4.69, 9.17) is 0 Å². The summed E-state index contributed by atoms with van der Waals surface area (Å²) in [5.74, 6) is 0. The molecule has 2 nitrogen and oxygen atoms in total. The monoisotopic (exact) mass is 980 g/mol. The van der Waals surface area contributed by atoms with E-state index in [0.29, 0.717) is 0 Å². The molecular weight excluding hydrogens is 929 g/mol. The van der Waals surface area contributed by atoms with Crippen LogP contribution < -0.4 is 4.90 Å². The molecule has 1 aliphatic carbocycles. The van der Waals surface area contributed by atoms with Gasteiger partial charge in [0.05, 0.1) is 11.0 Å². The average Bonchev–Trinajstić information content (AvgIpc) is 4.01. The minimum atomic E-state index is -0.0891. The standard InChI is InChI=1S/C75H52N2/c1-75(2)69-28-16-15-23-61(69)62-42-35-56(47-70(62)75)55-36-43-71-67(46-55)68-48-60(41-44-72(68)77(71)57-21-7-4-8-22-57)76(58-37-31-50(32-38-58)54-30-29-49-17-9-10-20-53(49)45-54)59-39-33-52(34-40-59)74-65-26-13-11-24-63(65)73(51-18-5-3-6-19-51)64-25-12-14-27-66(64)74/h3-48H,1-2H3. The number of hydrogen-bond donors (Lipinski definition) is 0. The van der Waals surface area contributed by atoms with Crippen LogP contribution >= 0.6 is 0 Å². The molecule has 77 heavy (non-hydrogen) atoms. The second-order valence-electron chi connectivity index (χ2n) is 21.2. The largest absolute Gasteiger partial charge is 0.310 e. The van der Waals surface area contributed by atoms with Crippen LogP contribution in [0, 0.1) is 0 Å². The number of aromatic nitrogens is 1. The van der Waals surface area contributed by atoms with E-state index in [2.05, 4.69) is 302 Å². The second-order valence-corrected chi connectivity index (χ2v) is 21.2. The number of nitrogens with zero attached hydrogens (tertiary/aromatic N) is 2. The Bertz CT molecular complexity index is 4560. The fourth-order valence-electron chi connectivity index (χ4n) is 12.8. The summed E-state index contributed by atoms with van der Waals surface area (Å²) < 4.78 is 2.43. The topological polar surface area (TPSA) is 8.17 Å². The molecule has 1 heterocycles. The Balaban J connectivity index is 0.903. The van der Waals surface area contributed by atoms with Gasteiger partial charge in [-0.1, -0.05) is 214 Å². The van der Waals surface area contributed by atoms with Crippen LogP contribution in [0.15, 0.2) is 279 Å². The maximum Gasteiger partial charge on any atom is 0.0542 e. The minimum Gasteiger partial charge on any atom is -0.310 e. The highest BCUT2D eigenvalue weighted by molar-refractivity contribution is 6.21. The van der Waals surface area contributed by atoms with Gasteiger partial charge < -0.3 is 9.47 Å². The normalized spacial score (nSPS) is 12.6. The summed E-state index contributed by atoms with van der Waals surface area (Å²) in [4.78, 5) is 2.43. The number of fused-ring (bicyclic) bond motifs is 9. The zero-order valence-corrected chi connectivity index (χ0v) is 43.0. The lowest BCUT2D eigenvalue weighted by molar-refractivity contribution is 0.660. The van der Waals surface area contributed by atoms with Crippen molar-refractivity contribution in [1.82, 2.24) is 4.57 Å². The molecule has 0 fully saturated rings. The number of para-hydroxylation sites is 1. The van der Waals surface area contributed by atoms with Crippen molar-refractivity contribution in [3.8, 4) is 61.3 Å². The van der Waals surface area contributed by atoms with Crippen molar-refractivity contribution in [2.24, 2.45) is 0 Å². The zero-order valence-electron chi connectivity index (χ0n) is 43.0. The summed E-state index contributed by atoms with van der Waals surface area (Å²) in [6, 6.07) is 103. The van der Waals surface area contributed by atoms with Crippen LogP contribution in [0.5, 0.6) is 0 Å². The highest BCUT2D eigenvalue weighted by Gasteiger charge is 2.35. The molecular formula is C75H52N2. The zero-order chi connectivity index (χ0) is 51.2. The molecule has 0 radical (unpaired) electrons. The molecule has 0 saturated heterocycles. The van der Waals surface area contributed by atoms with E-state index in [1.165, 1.54) is 115 Å².